The number of benzene rings is 2. The van der Waals surface area contributed by atoms with Crippen molar-refractivity contribution in [3.8, 4) is 0 Å². The molecule has 196 valence electrons. The molecule has 1 aliphatic heterocycles. The van der Waals surface area contributed by atoms with Gasteiger partial charge in [-0.05, 0) is 58.7 Å². The van der Waals surface area contributed by atoms with Crippen molar-refractivity contribution in [2.75, 3.05) is 0 Å². The first-order valence-corrected chi connectivity index (χ1v) is 18.7. The van der Waals surface area contributed by atoms with Gasteiger partial charge in [-0.2, -0.15) is 0 Å². The maximum atomic E-state index is 12.7. The molecule has 2 aromatic carbocycles. The van der Waals surface area contributed by atoms with Crippen molar-refractivity contribution in [3.63, 3.8) is 0 Å². The number of rotatable bonds is 8. The molecule has 1 N–H and O–H groups in total. The normalized spacial score (nSPS) is 29.0. The zero-order chi connectivity index (χ0) is 26.6. The molecule has 2 bridgehead atoms. The molecule has 0 radical (unpaired) electrons. The van der Waals surface area contributed by atoms with E-state index in [0.29, 0.717) is 11.8 Å². The van der Waals surface area contributed by atoms with E-state index < -0.39 is 16.6 Å². The second kappa shape index (κ2) is 9.53. The fourth-order valence-electron chi connectivity index (χ4n) is 6.71. The molecule has 1 saturated carbocycles. The minimum atomic E-state index is -3.05. The summed E-state index contributed by atoms with van der Waals surface area (Å²) in [6.07, 6.45) is 3.00. The van der Waals surface area contributed by atoms with Crippen LogP contribution >= 0.6 is 0 Å². The average Bonchev–Trinajstić information content (AvgIpc) is 3.22. The lowest BCUT2D eigenvalue weighted by atomic mass is 9.80. The Morgan fingerprint density at radius 1 is 0.972 bits per heavy atom. The highest BCUT2D eigenvalue weighted by molar-refractivity contribution is 6.98. The van der Waals surface area contributed by atoms with Gasteiger partial charge in [-0.25, -0.2) is 0 Å². The largest absolute Gasteiger partial charge is 0.424 e. The van der Waals surface area contributed by atoms with Crippen molar-refractivity contribution in [1.82, 2.24) is 0 Å². The highest BCUT2D eigenvalue weighted by Crippen LogP contribution is 2.57. The van der Waals surface area contributed by atoms with Crippen LogP contribution in [0.4, 0.5) is 0 Å². The lowest BCUT2D eigenvalue weighted by Gasteiger charge is -2.45. The van der Waals surface area contributed by atoms with Gasteiger partial charge < -0.3 is 14.0 Å². The molecule has 3 nitrogen and oxygen atoms in total. The highest BCUT2D eigenvalue weighted by Gasteiger charge is 2.64. The molecular weight excluding hydrogens is 475 g/mol. The second-order valence-corrected chi connectivity index (χ2v) is 22.5. The smallest absolute Gasteiger partial charge is 0.258 e. The summed E-state index contributed by atoms with van der Waals surface area (Å²) in [6, 6.07) is 21.0. The van der Waals surface area contributed by atoms with E-state index in [0.717, 1.165) is 29.6 Å². The molecule has 1 heterocycles. The molecular formula is C30H47BO3Si2. The van der Waals surface area contributed by atoms with E-state index in [-0.39, 0.29) is 27.8 Å². The van der Waals surface area contributed by atoms with Crippen LogP contribution in [0.2, 0.25) is 23.2 Å². The molecule has 36 heavy (non-hydrogen) atoms. The fraction of sp³-hybridized carbons (Fsp3) is 0.600. The number of ether oxygens (including phenoxy) is 1. The third kappa shape index (κ3) is 4.62. The van der Waals surface area contributed by atoms with Crippen molar-refractivity contribution in [3.05, 3.63) is 60.7 Å². The summed E-state index contributed by atoms with van der Waals surface area (Å²) in [4.78, 5) is 12.7. The van der Waals surface area contributed by atoms with E-state index in [2.05, 4.69) is 111 Å². The Balaban J connectivity index is 1.67. The molecule has 1 aliphatic carbocycles. The van der Waals surface area contributed by atoms with E-state index >= 15 is 0 Å². The lowest BCUT2D eigenvalue weighted by molar-refractivity contribution is -0.0805. The molecule has 0 spiro atoms. The summed E-state index contributed by atoms with van der Waals surface area (Å²) in [5.74, 6) is 1.03. The molecule has 2 fully saturated rings. The van der Waals surface area contributed by atoms with E-state index in [4.69, 9.17) is 9.16 Å². The fourth-order valence-corrected chi connectivity index (χ4v) is 11.8. The Morgan fingerprint density at radius 3 is 1.92 bits per heavy atom. The first-order valence-electron chi connectivity index (χ1n) is 13.8. The quantitative estimate of drug-likeness (QED) is 0.492. The van der Waals surface area contributed by atoms with Gasteiger partial charge in [-0.3, -0.25) is 0 Å². The van der Waals surface area contributed by atoms with Gasteiger partial charge >= 0.3 is 0 Å². The zero-order valence-corrected chi connectivity index (χ0v) is 26.0. The van der Waals surface area contributed by atoms with Gasteiger partial charge in [-0.1, -0.05) is 102 Å². The maximum Gasteiger partial charge on any atom is 0.258 e. The standard InChI is InChI=1S/C30H47BO3Si2/c1-22-21-30(26(25(22)27(31)33-30)34-35(7,8)28(2,3)4)20-19-29(5,6)36(32,23-15-11-9-12-16-23)24-17-13-10-14-18-24/h9-18,22,25-27,32H,19-21,31H2,1-8H3/t22?,25-,26+,27-,30+/m1/s1. The van der Waals surface area contributed by atoms with E-state index in [1.807, 2.05) is 12.1 Å². The van der Waals surface area contributed by atoms with Crippen molar-refractivity contribution in [1.29, 1.82) is 0 Å². The molecule has 1 saturated heterocycles. The van der Waals surface area contributed by atoms with Crippen LogP contribution in [0.15, 0.2) is 60.7 Å². The molecule has 2 aromatic rings. The Labute approximate surface area is 222 Å². The monoisotopic (exact) mass is 522 g/mol. The van der Waals surface area contributed by atoms with Crippen LogP contribution in [0.25, 0.3) is 0 Å². The Morgan fingerprint density at radius 2 is 1.47 bits per heavy atom. The molecule has 0 aromatic heterocycles. The van der Waals surface area contributed by atoms with Crippen LogP contribution in [-0.4, -0.2) is 47.0 Å². The Hall–Kier alpha value is -1.18. The van der Waals surface area contributed by atoms with Crippen LogP contribution in [0.3, 0.4) is 0 Å². The zero-order valence-electron chi connectivity index (χ0n) is 24.0. The van der Waals surface area contributed by atoms with Crippen LogP contribution in [-0.2, 0) is 9.16 Å². The van der Waals surface area contributed by atoms with Gasteiger partial charge in [0.25, 0.3) is 8.32 Å². The molecule has 0 amide bonds. The third-order valence-corrected chi connectivity index (χ3v) is 18.9. The molecule has 1 unspecified atom stereocenters. The second-order valence-electron chi connectivity index (χ2n) is 13.8. The van der Waals surface area contributed by atoms with Gasteiger partial charge in [0.2, 0.25) is 0 Å². The van der Waals surface area contributed by atoms with Crippen LogP contribution in [0, 0.1) is 11.8 Å². The van der Waals surface area contributed by atoms with E-state index in [9.17, 15) is 4.80 Å². The first kappa shape index (κ1) is 27.8. The number of hydrogen-bond donors (Lipinski definition) is 1. The summed E-state index contributed by atoms with van der Waals surface area (Å²) >= 11 is 0. The lowest BCUT2D eigenvalue weighted by Crippen LogP contribution is -2.65. The molecule has 2 aliphatic rings. The van der Waals surface area contributed by atoms with Gasteiger partial charge in [0.1, 0.15) is 7.85 Å². The predicted octanol–water partition coefficient (Wildman–Crippen LogP) is 5.07. The van der Waals surface area contributed by atoms with Gasteiger partial charge in [0, 0.05) is 11.9 Å². The van der Waals surface area contributed by atoms with Gasteiger partial charge in [-0.15, -0.1) is 0 Å². The van der Waals surface area contributed by atoms with Crippen LogP contribution in [0.1, 0.15) is 60.8 Å². The summed E-state index contributed by atoms with van der Waals surface area (Å²) in [5.41, 5.74) is -0.265. The highest BCUT2D eigenvalue weighted by atomic mass is 28.4. The third-order valence-electron chi connectivity index (χ3n) is 9.92. The van der Waals surface area contributed by atoms with Crippen molar-refractivity contribution in [2.24, 2.45) is 11.8 Å². The Bertz CT molecular complexity index is 984. The maximum absolute atomic E-state index is 12.7. The molecule has 6 heteroatoms. The summed E-state index contributed by atoms with van der Waals surface area (Å²) < 4.78 is 14.0. The number of hydrogen-bond acceptors (Lipinski definition) is 3. The SMILES string of the molecule is B[C@@H]1O[C@@]2(CCC(C)(C)[Si](O)(c3ccccc3)c3ccccc3)CC(C)[C@@H]1[C@@H]2O[Si](C)(C)C(C)(C)C. The van der Waals surface area contributed by atoms with E-state index in [1.165, 1.54) is 0 Å². The summed E-state index contributed by atoms with van der Waals surface area (Å²) in [6.45, 7) is 18.6. The number of fused-ring (bicyclic) bond motifs is 2. The van der Waals surface area contributed by atoms with E-state index in [1.54, 1.807) is 0 Å². The topological polar surface area (TPSA) is 38.7 Å². The first-order chi connectivity index (χ1) is 16.6. The summed E-state index contributed by atoms with van der Waals surface area (Å²) in [7, 11) is -2.77. The van der Waals surface area contributed by atoms with Crippen LogP contribution in [0.5, 0.6) is 0 Å². The van der Waals surface area contributed by atoms with Crippen molar-refractivity contribution < 1.29 is 14.0 Å². The predicted molar refractivity (Wildman–Crippen MR) is 159 cm³/mol. The summed E-state index contributed by atoms with van der Waals surface area (Å²) in [5, 5.41) is 2.02. The minimum Gasteiger partial charge on any atom is -0.424 e. The van der Waals surface area contributed by atoms with Gasteiger partial charge in [0.05, 0.1) is 11.7 Å². The van der Waals surface area contributed by atoms with Crippen molar-refractivity contribution >= 4 is 34.9 Å². The minimum absolute atomic E-state index is 0.141. The molecule has 5 atom stereocenters. The average molecular weight is 523 g/mol. The Kier molecular flexibility index (Phi) is 7.37. The van der Waals surface area contributed by atoms with Crippen LogP contribution < -0.4 is 10.4 Å². The van der Waals surface area contributed by atoms with Crippen molar-refractivity contribution in [2.45, 2.75) is 102 Å². The van der Waals surface area contributed by atoms with Gasteiger partial charge in [0.15, 0.2) is 8.32 Å². The molecule has 4 rings (SSSR count).